The largest absolute Gasteiger partial charge is 0.370 e. The molecule has 2 aliphatic rings. The van der Waals surface area contributed by atoms with Crippen LogP contribution in [0, 0.1) is 0 Å². The Hall–Kier alpha value is -0.580. The van der Waals surface area contributed by atoms with Crippen LogP contribution >= 0.6 is 15.9 Å². The Morgan fingerprint density at radius 1 is 1.33 bits per heavy atom. The molecule has 1 aromatic carbocycles. The van der Waals surface area contributed by atoms with E-state index in [1.165, 1.54) is 41.8 Å². The summed E-state index contributed by atoms with van der Waals surface area (Å²) in [6.45, 7) is 5.82. The van der Waals surface area contributed by atoms with Crippen molar-refractivity contribution in [3.05, 3.63) is 28.2 Å². The van der Waals surface area contributed by atoms with Crippen LogP contribution in [-0.4, -0.2) is 50.7 Å². The van der Waals surface area contributed by atoms with Crippen molar-refractivity contribution in [2.75, 3.05) is 44.7 Å². The number of halogens is 1. The Balaban J connectivity index is 1.69. The zero-order chi connectivity index (χ0) is 12.5. The molecule has 0 spiro atoms. The average Bonchev–Trinajstić information content (AvgIpc) is 2.67. The third kappa shape index (κ3) is 2.42. The fourth-order valence-electron chi connectivity index (χ4n) is 3.03. The summed E-state index contributed by atoms with van der Waals surface area (Å²) in [5.74, 6) is 0. The van der Waals surface area contributed by atoms with E-state index in [4.69, 9.17) is 0 Å². The van der Waals surface area contributed by atoms with Crippen molar-refractivity contribution in [2.45, 2.75) is 12.5 Å². The van der Waals surface area contributed by atoms with Crippen molar-refractivity contribution < 1.29 is 0 Å². The zero-order valence-corrected chi connectivity index (χ0v) is 12.4. The van der Waals surface area contributed by atoms with Crippen LogP contribution in [0.1, 0.15) is 5.56 Å². The number of benzene rings is 1. The van der Waals surface area contributed by atoms with Crippen molar-refractivity contribution in [3.8, 4) is 0 Å². The molecule has 0 saturated carbocycles. The Labute approximate surface area is 117 Å². The minimum atomic E-state index is 0.632. The van der Waals surface area contributed by atoms with Crippen LogP contribution in [-0.2, 0) is 6.42 Å². The van der Waals surface area contributed by atoms with Gasteiger partial charge in [0.15, 0.2) is 0 Å². The molecule has 1 aromatic rings. The molecule has 1 atom stereocenters. The molecule has 1 unspecified atom stereocenters. The summed E-state index contributed by atoms with van der Waals surface area (Å²) in [4.78, 5) is 5.03. The molecule has 0 aliphatic carbocycles. The molecule has 3 nitrogen and oxygen atoms in total. The lowest BCUT2D eigenvalue weighted by Crippen LogP contribution is -2.48. The second-order valence-corrected chi connectivity index (χ2v) is 6.21. The predicted octanol–water partition coefficient (Wildman–Crippen LogP) is 1.72. The van der Waals surface area contributed by atoms with Crippen LogP contribution < -0.4 is 10.2 Å². The SMILES string of the molecule is CN1c2ccc(Br)cc2CC1CN1CCNCC1. The van der Waals surface area contributed by atoms with E-state index in [1.54, 1.807) is 0 Å². The first-order chi connectivity index (χ1) is 8.74. The number of hydrogen-bond acceptors (Lipinski definition) is 3. The fourth-order valence-corrected chi connectivity index (χ4v) is 3.44. The Kier molecular flexibility index (Phi) is 3.59. The topological polar surface area (TPSA) is 18.5 Å². The molecule has 18 heavy (non-hydrogen) atoms. The lowest BCUT2D eigenvalue weighted by atomic mass is 10.1. The molecule has 0 radical (unpaired) electrons. The third-order valence-electron chi connectivity index (χ3n) is 4.10. The minimum absolute atomic E-state index is 0.632. The van der Waals surface area contributed by atoms with E-state index < -0.39 is 0 Å². The van der Waals surface area contributed by atoms with Crippen molar-refractivity contribution >= 4 is 21.6 Å². The molecular formula is C14H20BrN3. The van der Waals surface area contributed by atoms with Gasteiger partial charge in [-0.2, -0.15) is 0 Å². The summed E-state index contributed by atoms with van der Waals surface area (Å²) in [5, 5.41) is 3.41. The van der Waals surface area contributed by atoms with Gasteiger partial charge in [0.25, 0.3) is 0 Å². The minimum Gasteiger partial charge on any atom is -0.370 e. The number of anilines is 1. The molecule has 0 amide bonds. The van der Waals surface area contributed by atoms with Crippen molar-refractivity contribution in [2.24, 2.45) is 0 Å². The molecule has 3 rings (SSSR count). The number of rotatable bonds is 2. The van der Waals surface area contributed by atoms with Gasteiger partial charge >= 0.3 is 0 Å². The Morgan fingerprint density at radius 2 is 2.11 bits per heavy atom. The van der Waals surface area contributed by atoms with Gasteiger partial charge in [-0.1, -0.05) is 15.9 Å². The molecule has 0 aromatic heterocycles. The maximum absolute atomic E-state index is 3.57. The Bertz CT molecular complexity index is 429. The van der Waals surface area contributed by atoms with Crippen LogP contribution in [0.25, 0.3) is 0 Å². The highest BCUT2D eigenvalue weighted by Gasteiger charge is 2.28. The van der Waals surface area contributed by atoms with Crippen LogP contribution in [0.2, 0.25) is 0 Å². The average molecular weight is 310 g/mol. The predicted molar refractivity (Wildman–Crippen MR) is 79.3 cm³/mol. The summed E-state index contributed by atoms with van der Waals surface area (Å²) >= 11 is 3.57. The number of fused-ring (bicyclic) bond motifs is 1. The number of nitrogens with one attached hydrogen (secondary N) is 1. The summed E-state index contributed by atoms with van der Waals surface area (Å²) in [5.41, 5.74) is 2.88. The second-order valence-electron chi connectivity index (χ2n) is 5.29. The van der Waals surface area contributed by atoms with Gasteiger partial charge in [-0.3, -0.25) is 4.90 Å². The van der Waals surface area contributed by atoms with Gasteiger partial charge in [0.05, 0.1) is 0 Å². The van der Waals surface area contributed by atoms with Crippen molar-refractivity contribution in [3.63, 3.8) is 0 Å². The molecule has 1 saturated heterocycles. The van der Waals surface area contributed by atoms with Crippen LogP contribution in [0.4, 0.5) is 5.69 Å². The first-order valence-electron chi connectivity index (χ1n) is 6.68. The van der Waals surface area contributed by atoms with E-state index in [-0.39, 0.29) is 0 Å². The highest BCUT2D eigenvalue weighted by Crippen LogP contribution is 2.33. The van der Waals surface area contributed by atoms with Gasteiger partial charge in [-0.25, -0.2) is 0 Å². The monoisotopic (exact) mass is 309 g/mol. The maximum atomic E-state index is 3.57. The van der Waals surface area contributed by atoms with Gasteiger partial charge < -0.3 is 10.2 Å². The van der Waals surface area contributed by atoms with Crippen molar-refractivity contribution in [1.82, 2.24) is 10.2 Å². The number of likely N-dealkylation sites (N-methyl/N-ethyl adjacent to an activating group) is 1. The van der Waals surface area contributed by atoms with Gasteiger partial charge in [0, 0.05) is 56.0 Å². The van der Waals surface area contributed by atoms with E-state index in [2.05, 4.69) is 56.3 Å². The number of nitrogens with zero attached hydrogens (tertiary/aromatic N) is 2. The van der Waals surface area contributed by atoms with Gasteiger partial charge in [-0.05, 0) is 30.2 Å². The summed E-state index contributed by atoms with van der Waals surface area (Å²) < 4.78 is 1.19. The standard InChI is InChI=1S/C14H20BrN3/c1-17-13(10-18-6-4-16-5-7-18)9-11-8-12(15)2-3-14(11)17/h2-3,8,13,16H,4-7,9-10H2,1H3. The van der Waals surface area contributed by atoms with E-state index in [0.717, 1.165) is 13.1 Å². The number of hydrogen-bond donors (Lipinski definition) is 1. The van der Waals surface area contributed by atoms with E-state index in [0.29, 0.717) is 6.04 Å². The number of piperazine rings is 1. The highest BCUT2D eigenvalue weighted by atomic mass is 79.9. The first kappa shape index (κ1) is 12.5. The fraction of sp³-hybridized carbons (Fsp3) is 0.571. The van der Waals surface area contributed by atoms with Crippen molar-refractivity contribution in [1.29, 1.82) is 0 Å². The second kappa shape index (κ2) is 5.19. The molecule has 2 heterocycles. The van der Waals surface area contributed by atoms with Gasteiger partial charge in [-0.15, -0.1) is 0 Å². The summed E-state index contributed by atoms with van der Waals surface area (Å²) in [7, 11) is 2.23. The lowest BCUT2D eigenvalue weighted by Gasteiger charge is -2.32. The van der Waals surface area contributed by atoms with Gasteiger partial charge in [0.2, 0.25) is 0 Å². The van der Waals surface area contributed by atoms with E-state index >= 15 is 0 Å². The lowest BCUT2D eigenvalue weighted by molar-refractivity contribution is 0.227. The quantitative estimate of drug-likeness (QED) is 0.897. The molecule has 2 aliphatic heterocycles. The molecule has 1 fully saturated rings. The highest BCUT2D eigenvalue weighted by molar-refractivity contribution is 9.10. The van der Waals surface area contributed by atoms with Crippen LogP contribution in [0.3, 0.4) is 0 Å². The molecule has 98 valence electrons. The van der Waals surface area contributed by atoms with Crippen LogP contribution in [0.5, 0.6) is 0 Å². The molecule has 0 bridgehead atoms. The van der Waals surface area contributed by atoms with Gasteiger partial charge in [0.1, 0.15) is 0 Å². The normalized spacial score (nSPS) is 24.3. The zero-order valence-electron chi connectivity index (χ0n) is 10.8. The summed E-state index contributed by atoms with van der Waals surface area (Å²) in [6.07, 6.45) is 1.18. The maximum Gasteiger partial charge on any atom is 0.0455 e. The third-order valence-corrected chi connectivity index (χ3v) is 4.60. The molecule has 1 N–H and O–H groups in total. The van der Waals surface area contributed by atoms with E-state index in [1.807, 2.05) is 0 Å². The molecular weight excluding hydrogens is 290 g/mol. The molecule has 4 heteroatoms. The Morgan fingerprint density at radius 3 is 2.89 bits per heavy atom. The summed E-state index contributed by atoms with van der Waals surface area (Å²) in [6, 6.07) is 7.27. The smallest absolute Gasteiger partial charge is 0.0455 e. The van der Waals surface area contributed by atoms with Crippen LogP contribution in [0.15, 0.2) is 22.7 Å². The van der Waals surface area contributed by atoms with E-state index in [9.17, 15) is 0 Å². The first-order valence-corrected chi connectivity index (χ1v) is 7.47.